The summed E-state index contributed by atoms with van der Waals surface area (Å²) in [6.45, 7) is 0.466. The van der Waals surface area contributed by atoms with Crippen LogP contribution in [0.3, 0.4) is 0 Å². The van der Waals surface area contributed by atoms with E-state index in [4.69, 9.17) is 16.3 Å². The number of rotatable bonds is 6. The molecule has 0 aliphatic carbocycles. The first-order valence-electron chi connectivity index (χ1n) is 8.39. The smallest absolute Gasteiger partial charge is 0.204 e. The lowest BCUT2D eigenvalue weighted by atomic mass is 10.2. The van der Waals surface area contributed by atoms with Crippen LogP contribution in [0.15, 0.2) is 77.9 Å². The summed E-state index contributed by atoms with van der Waals surface area (Å²) in [6, 6.07) is 23.4. The van der Waals surface area contributed by atoms with E-state index in [1.807, 2.05) is 72.8 Å². The maximum absolute atomic E-state index is 5.94. The van der Waals surface area contributed by atoms with Gasteiger partial charge in [-0.1, -0.05) is 59.3 Å². The van der Waals surface area contributed by atoms with Gasteiger partial charge in [0.05, 0.1) is 16.4 Å². The van der Waals surface area contributed by atoms with Gasteiger partial charge in [-0.3, -0.25) is 5.43 Å². The van der Waals surface area contributed by atoms with E-state index >= 15 is 0 Å². The maximum atomic E-state index is 5.94. The van der Waals surface area contributed by atoms with Gasteiger partial charge in [0.2, 0.25) is 5.13 Å². The lowest BCUT2D eigenvalue weighted by molar-refractivity contribution is 0.306. The normalized spacial score (nSPS) is 11.1. The molecule has 1 N–H and O–H groups in total. The van der Waals surface area contributed by atoms with Crippen molar-refractivity contribution in [2.45, 2.75) is 6.61 Å². The summed E-state index contributed by atoms with van der Waals surface area (Å²) in [5.41, 5.74) is 5.90. The topological polar surface area (TPSA) is 46.5 Å². The van der Waals surface area contributed by atoms with Gasteiger partial charge in [-0.2, -0.15) is 5.10 Å². The molecule has 0 atom stereocenters. The zero-order chi connectivity index (χ0) is 18.5. The van der Waals surface area contributed by atoms with E-state index in [2.05, 4.69) is 15.5 Å². The van der Waals surface area contributed by atoms with Crippen molar-refractivity contribution >= 4 is 44.5 Å². The zero-order valence-electron chi connectivity index (χ0n) is 14.3. The van der Waals surface area contributed by atoms with Crippen molar-refractivity contribution in [2.75, 3.05) is 5.43 Å². The molecule has 0 amide bonds. The van der Waals surface area contributed by atoms with Gasteiger partial charge >= 0.3 is 0 Å². The number of anilines is 1. The Bertz CT molecular complexity index is 1040. The van der Waals surface area contributed by atoms with Crippen molar-refractivity contribution in [1.82, 2.24) is 4.98 Å². The number of hydrazone groups is 1. The number of ether oxygens (including phenoxy) is 1. The van der Waals surface area contributed by atoms with Crippen LogP contribution in [0, 0.1) is 0 Å². The monoisotopic (exact) mass is 393 g/mol. The number of fused-ring (bicyclic) bond motifs is 1. The van der Waals surface area contributed by atoms with Crippen molar-refractivity contribution in [2.24, 2.45) is 5.10 Å². The van der Waals surface area contributed by atoms with Gasteiger partial charge in [0, 0.05) is 10.6 Å². The van der Waals surface area contributed by atoms with Gasteiger partial charge < -0.3 is 4.74 Å². The molecule has 3 aromatic carbocycles. The fourth-order valence-corrected chi connectivity index (χ4v) is 3.48. The van der Waals surface area contributed by atoms with Crippen molar-refractivity contribution in [3.05, 3.63) is 88.9 Å². The predicted molar refractivity (Wildman–Crippen MR) is 113 cm³/mol. The van der Waals surface area contributed by atoms with Crippen LogP contribution in [0.25, 0.3) is 10.2 Å². The van der Waals surface area contributed by atoms with Gasteiger partial charge in [-0.05, 0) is 42.0 Å². The first-order chi connectivity index (χ1) is 13.3. The average molecular weight is 394 g/mol. The molecule has 0 saturated heterocycles. The lowest BCUT2D eigenvalue weighted by Crippen LogP contribution is -1.99. The van der Waals surface area contributed by atoms with Crippen LogP contribution in [-0.4, -0.2) is 11.2 Å². The average Bonchev–Trinajstić information content (AvgIpc) is 3.11. The largest absolute Gasteiger partial charge is 0.488 e. The van der Waals surface area contributed by atoms with E-state index in [1.54, 1.807) is 17.6 Å². The predicted octanol–water partition coefficient (Wildman–Crippen LogP) is 5.97. The molecule has 27 heavy (non-hydrogen) atoms. The summed E-state index contributed by atoms with van der Waals surface area (Å²) >= 11 is 7.49. The Morgan fingerprint density at radius 1 is 1.00 bits per heavy atom. The second kappa shape index (κ2) is 8.20. The van der Waals surface area contributed by atoms with Crippen molar-refractivity contribution < 1.29 is 4.74 Å². The van der Waals surface area contributed by atoms with Crippen molar-refractivity contribution in [3.8, 4) is 5.75 Å². The molecule has 6 heteroatoms. The molecule has 0 saturated carbocycles. The van der Waals surface area contributed by atoms with E-state index in [9.17, 15) is 0 Å². The molecule has 0 unspecified atom stereocenters. The van der Waals surface area contributed by atoms with Crippen LogP contribution in [0.2, 0.25) is 5.02 Å². The molecule has 0 aliphatic rings. The van der Waals surface area contributed by atoms with Gasteiger partial charge in [0.1, 0.15) is 12.4 Å². The van der Waals surface area contributed by atoms with Crippen LogP contribution >= 0.6 is 22.9 Å². The molecule has 4 nitrogen and oxygen atoms in total. The number of hydrogen-bond acceptors (Lipinski definition) is 5. The molecule has 0 spiro atoms. The minimum atomic E-state index is 0.466. The van der Waals surface area contributed by atoms with Crippen LogP contribution in [0.4, 0.5) is 5.13 Å². The van der Waals surface area contributed by atoms with E-state index in [0.717, 1.165) is 32.2 Å². The van der Waals surface area contributed by atoms with Gasteiger partial charge in [-0.25, -0.2) is 4.98 Å². The fourth-order valence-electron chi connectivity index (χ4n) is 2.54. The van der Waals surface area contributed by atoms with Crippen LogP contribution in [-0.2, 0) is 6.61 Å². The Labute approximate surface area is 166 Å². The van der Waals surface area contributed by atoms with E-state index < -0.39 is 0 Å². The molecule has 134 valence electrons. The molecular formula is C21H16ClN3OS. The number of aromatic nitrogens is 1. The fraction of sp³-hybridized carbons (Fsp3) is 0.0476. The van der Waals surface area contributed by atoms with E-state index in [-0.39, 0.29) is 0 Å². The Morgan fingerprint density at radius 3 is 2.63 bits per heavy atom. The van der Waals surface area contributed by atoms with Gasteiger partial charge in [0.15, 0.2) is 0 Å². The molecule has 4 rings (SSSR count). The summed E-state index contributed by atoms with van der Waals surface area (Å²) in [7, 11) is 0. The minimum absolute atomic E-state index is 0.466. The highest BCUT2D eigenvalue weighted by molar-refractivity contribution is 7.22. The summed E-state index contributed by atoms with van der Waals surface area (Å²) in [5, 5.41) is 5.78. The summed E-state index contributed by atoms with van der Waals surface area (Å²) < 4.78 is 7.07. The second-order valence-electron chi connectivity index (χ2n) is 5.81. The SMILES string of the molecule is Clc1ccc(COc2ccccc2/C=N/Nc2nc3ccccc3s2)cc1. The molecule has 1 aromatic heterocycles. The van der Waals surface area contributed by atoms with Gasteiger partial charge in [0.25, 0.3) is 0 Å². The lowest BCUT2D eigenvalue weighted by Gasteiger charge is -2.09. The highest BCUT2D eigenvalue weighted by Crippen LogP contribution is 2.25. The highest BCUT2D eigenvalue weighted by Gasteiger charge is 2.03. The number of hydrogen-bond donors (Lipinski definition) is 1. The van der Waals surface area contributed by atoms with Gasteiger partial charge in [-0.15, -0.1) is 0 Å². The molecular weight excluding hydrogens is 378 g/mol. The number of benzene rings is 3. The summed E-state index contributed by atoms with van der Waals surface area (Å²) in [5.74, 6) is 0.766. The molecule has 0 fully saturated rings. The molecule has 1 heterocycles. The third kappa shape index (κ3) is 4.45. The Morgan fingerprint density at radius 2 is 1.78 bits per heavy atom. The van der Waals surface area contributed by atoms with Crippen molar-refractivity contribution in [3.63, 3.8) is 0 Å². The first-order valence-corrected chi connectivity index (χ1v) is 9.58. The molecule has 0 bridgehead atoms. The van der Waals surface area contributed by atoms with Crippen LogP contribution in [0.5, 0.6) is 5.75 Å². The Hall–Kier alpha value is -2.89. The standard InChI is InChI=1S/C21H16ClN3OS/c22-17-11-9-15(10-12-17)14-26-19-7-3-1-5-16(19)13-23-25-21-24-18-6-2-4-8-20(18)27-21/h1-13H,14H2,(H,24,25)/b23-13+. The Balaban J connectivity index is 1.43. The van der Waals surface area contributed by atoms with E-state index in [0.29, 0.717) is 11.6 Å². The summed E-state index contributed by atoms with van der Waals surface area (Å²) in [6.07, 6.45) is 1.74. The molecule has 0 aliphatic heterocycles. The third-order valence-corrected chi connectivity index (χ3v) is 5.08. The number of nitrogens with one attached hydrogen (secondary N) is 1. The quantitative estimate of drug-likeness (QED) is 0.324. The summed E-state index contributed by atoms with van der Waals surface area (Å²) in [4.78, 5) is 4.50. The number of halogens is 1. The second-order valence-corrected chi connectivity index (χ2v) is 7.28. The van der Waals surface area contributed by atoms with Crippen LogP contribution < -0.4 is 10.2 Å². The highest BCUT2D eigenvalue weighted by atomic mass is 35.5. The van der Waals surface area contributed by atoms with Crippen molar-refractivity contribution in [1.29, 1.82) is 0 Å². The maximum Gasteiger partial charge on any atom is 0.204 e. The minimum Gasteiger partial charge on any atom is -0.488 e. The number of para-hydroxylation sites is 2. The zero-order valence-corrected chi connectivity index (χ0v) is 15.9. The Kier molecular flexibility index (Phi) is 5.32. The van der Waals surface area contributed by atoms with Crippen LogP contribution in [0.1, 0.15) is 11.1 Å². The van der Waals surface area contributed by atoms with E-state index in [1.165, 1.54) is 0 Å². The molecule has 4 aromatic rings. The number of thiazole rings is 1. The number of nitrogens with zero attached hydrogens (tertiary/aromatic N) is 2. The third-order valence-electron chi connectivity index (χ3n) is 3.88. The molecule has 0 radical (unpaired) electrons. The first kappa shape index (κ1) is 17.5.